The van der Waals surface area contributed by atoms with Gasteiger partial charge in [0.05, 0.1) is 17.5 Å². The van der Waals surface area contributed by atoms with E-state index in [9.17, 15) is 13.6 Å². The molecule has 0 amide bonds. The Balaban J connectivity index is 1.18. The second kappa shape index (κ2) is 11.7. The molecule has 0 atom stereocenters. The third kappa shape index (κ3) is 6.46. The highest BCUT2D eigenvalue weighted by molar-refractivity contribution is 5.97. The third-order valence-electron chi connectivity index (χ3n) is 6.80. The molecule has 1 aliphatic rings. The number of benzene rings is 2. The maximum absolute atomic E-state index is 13.6. The molecule has 202 valence electrons. The molecular weight excluding hydrogens is 502 g/mol. The number of Topliss-reactive ketones (excluding diaryl/α,β-unsaturated/α-hetero) is 1. The lowest BCUT2D eigenvalue weighted by atomic mass is 10.1. The molecule has 0 bridgehead atoms. The summed E-state index contributed by atoms with van der Waals surface area (Å²) < 4.78 is 34.6. The highest BCUT2D eigenvalue weighted by Gasteiger charge is 2.21. The number of ketones is 1. The zero-order valence-electron chi connectivity index (χ0n) is 22.0. The van der Waals surface area contributed by atoms with Crippen LogP contribution in [0.3, 0.4) is 0 Å². The van der Waals surface area contributed by atoms with Crippen molar-refractivity contribution in [3.8, 4) is 11.8 Å². The van der Waals surface area contributed by atoms with Gasteiger partial charge in [-0.1, -0.05) is 30.3 Å². The molecule has 1 saturated heterocycles. The fourth-order valence-electron chi connectivity index (χ4n) is 4.68. The molecule has 1 fully saturated rings. The van der Waals surface area contributed by atoms with E-state index in [4.69, 9.17) is 4.74 Å². The summed E-state index contributed by atoms with van der Waals surface area (Å²) in [6, 6.07) is 15.4. The Kier molecular flexibility index (Phi) is 7.92. The van der Waals surface area contributed by atoms with Crippen LogP contribution in [0.15, 0.2) is 60.8 Å². The molecule has 1 aliphatic heterocycles. The van der Waals surface area contributed by atoms with Gasteiger partial charge < -0.3 is 9.64 Å². The number of halogens is 2. The minimum Gasteiger partial charge on any atom is -0.459 e. The maximum atomic E-state index is 13.6. The number of piperazine rings is 1. The fourth-order valence-corrected chi connectivity index (χ4v) is 4.68. The molecule has 5 rings (SSSR count). The number of carbonyl (C=O) groups is 1. The van der Waals surface area contributed by atoms with Crippen molar-refractivity contribution in [3.05, 3.63) is 94.9 Å². The van der Waals surface area contributed by atoms with Crippen molar-refractivity contribution in [3.63, 3.8) is 0 Å². The van der Waals surface area contributed by atoms with Crippen LogP contribution >= 0.6 is 0 Å². The first kappa shape index (κ1) is 26.4. The quantitative estimate of drug-likeness (QED) is 0.293. The Bertz CT molecular complexity index is 1430. The number of aryl methyl sites for hydroxylation is 1. The highest BCUT2D eigenvalue weighted by Crippen LogP contribution is 2.21. The van der Waals surface area contributed by atoms with Crippen LogP contribution in [0, 0.1) is 25.5 Å². The van der Waals surface area contributed by atoms with Crippen molar-refractivity contribution in [2.24, 2.45) is 0 Å². The number of hydrogen-bond acceptors (Lipinski definition) is 7. The first-order chi connectivity index (χ1) is 18.9. The van der Waals surface area contributed by atoms with Crippen LogP contribution in [0.1, 0.15) is 33.7 Å². The molecule has 0 radical (unpaired) electrons. The van der Waals surface area contributed by atoms with E-state index in [1.165, 1.54) is 12.1 Å². The van der Waals surface area contributed by atoms with E-state index in [2.05, 4.69) is 20.0 Å². The fraction of sp³-hybridized carbons (Fsp3) is 0.310. The molecule has 10 heteroatoms. The van der Waals surface area contributed by atoms with Crippen LogP contribution in [0.5, 0.6) is 6.01 Å². The predicted octanol–water partition coefficient (Wildman–Crippen LogP) is 4.53. The predicted molar refractivity (Wildman–Crippen MR) is 143 cm³/mol. The monoisotopic (exact) mass is 532 g/mol. The summed E-state index contributed by atoms with van der Waals surface area (Å²) in [4.78, 5) is 26.1. The lowest BCUT2D eigenvalue weighted by Crippen LogP contribution is -2.47. The number of nitrogens with zero attached hydrogens (tertiary/aromatic N) is 6. The number of ether oxygens (including phenoxy) is 1. The minimum atomic E-state index is -0.581. The summed E-state index contributed by atoms with van der Waals surface area (Å²) in [5.41, 5.74) is 3.53. The van der Waals surface area contributed by atoms with Gasteiger partial charge in [-0.2, -0.15) is 10.1 Å². The maximum Gasteiger partial charge on any atom is 0.318 e. The Morgan fingerprint density at radius 3 is 2.38 bits per heavy atom. The van der Waals surface area contributed by atoms with Crippen molar-refractivity contribution in [1.29, 1.82) is 0 Å². The largest absolute Gasteiger partial charge is 0.459 e. The Morgan fingerprint density at radius 1 is 0.949 bits per heavy atom. The van der Waals surface area contributed by atoms with Gasteiger partial charge in [-0.15, -0.1) is 0 Å². The summed E-state index contributed by atoms with van der Waals surface area (Å²) in [7, 11) is 0. The van der Waals surface area contributed by atoms with Crippen molar-refractivity contribution in [1.82, 2.24) is 24.6 Å². The van der Waals surface area contributed by atoms with Crippen molar-refractivity contribution < 1.29 is 18.3 Å². The molecule has 0 saturated carbocycles. The lowest BCUT2D eigenvalue weighted by molar-refractivity contribution is 0.0962. The van der Waals surface area contributed by atoms with Crippen LogP contribution in [-0.4, -0.2) is 63.2 Å². The summed E-state index contributed by atoms with van der Waals surface area (Å²) >= 11 is 0. The van der Waals surface area contributed by atoms with Gasteiger partial charge in [0, 0.05) is 62.7 Å². The van der Waals surface area contributed by atoms with Crippen LogP contribution in [0.2, 0.25) is 0 Å². The van der Waals surface area contributed by atoms with E-state index >= 15 is 0 Å². The Labute approximate surface area is 225 Å². The van der Waals surface area contributed by atoms with Crippen LogP contribution in [0.25, 0.3) is 5.82 Å². The SMILES string of the molecule is Cc1cc(-n2ncc(C(=O)CCN3CCN(c4cc(F)cc(F)c4)CC3)c2C)nc(OCc2ccccc2)n1. The molecular formula is C29H30F2N6O2. The van der Waals surface area contributed by atoms with Crippen molar-refractivity contribution >= 4 is 11.5 Å². The number of anilines is 1. The zero-order valence-corrected chi connectivity index (χ0v) is 22.0. The van der Waals surface area contributed by atoms with Gasteiger partial charge in [0.25, 0.3) is 0 Å². The second-order valence-corrected chi connectivity index (χ2v) is 9.61. The van der Waals surface area contributed by atoms with Gasteiger partial charge in [-0.3, -0.25) is 9.69 Å². The smallest absolute Gasteiger partial charge is 0.318 e. The van der Waals surface area contributed by atoms with E-state index in [1.54, 1.807) is 16.9 Å². The zero-order chi connectivity index (χ0) is 27.4. The first-order valence-corrected chi connectivity index (χ1v) is 12.9. The average Bonchev–Trinajstić information content (AvgIpc) is 3.32. The molecule has 2 aromatic heterocycles. The highest BCUT2D eigenvalue weighted by atomic mass is 19.1. The Morgan fingerprint density at radius 2 is 1.67 bits per heavy atom. The van der Waals surface area contributed by atoms with E-state index in [0.717, 1.165) is 17.3 Å². The topological polar surface area (TPSA) is 76.4 Å². The molecule has 3 heterocycles. The van der Waals surface area contributed by atoms with Crippen LogP contribution < -0.4 is 9.64 Å². The van der Waals surface area contributed by atoms with Gasteiger partial charge >= 0.3 is 6.01 Å². The van der Waals surface area contributed by atoms with Crippen molar-refractivity contribution in [2.45, 2.75) is 26.9 Å². The summed E-state index contributed by atoms with van der Waals surface area (Å²) in [5, 5.41) is 4.43. The minimum absolute atomic E-state index is 0.000268. The number of rotatable bonds is 9. The van der Waals surface area contributed by atoms with Gasteiger partial charge in [0.15, 0.2) is 11.6 Å². The molecule has 2 aromatic carbocycles. The number of aromatic nitrogens is 4. The molecule has 0 aliphatic carbocycles. The van der Waals surface area contributed by atoms with Gasteiger partial charge in [-0.05, 0) is 31.5 Å². The Hall–Kier alpha value is -4.18. The number of hydrogen-bond donors (Lipinski definition) is 0. The number of carbonyl (C=O) groups excluding carboxylic acids is 1. The molecule has 4 aromatic rings. The average molecular weight is 533 g/mol. The summed E-state index contributed by atoms with van der Waals surface area (Å²) in [5.74, 6) is -0.629. The van der Waals surface area contributed by atoms with E-state index in [1.807, 2.05) is 49.1 Å². The van der Waals surface area contributed by atoms with Gasteiger partial charge in [0.1, 0.15) is 18.2 Å². The molecule has 39 heavy (non-hydrogen) atoms. The summed E-state index contributed by atoms with van der Waals surface area (Å²) in [6.45, 7) is 7.32. The van der Waals surface area contributed by atoms with Gasteiger partial charge in [-0.25, -0.2) is 18.4 Å². The lowest BCUT2D eigenvalue weighted by Gasteiger charge is -2.36. The normalized spacial score (nSPS) is 14.0. The summed E-state index contributed by atoms with van der Waals surface area (Å²) in [6.07, 6.45) is 1.92. The van der Waals surface area contributed by atoms with Crippen molar-refractivity contribution in [2.75, 3.05) is 37.6 Å². The standard InChI is InChI=1S/C29H30F2N6O2/c1-20-14-28(34-29(33-20)39-19-22-6-4-3-5-7-22)37-21(2)26(18-32-37)27(38)8-9-35-10-12-36(13-11-35)25-16-23(30)15-24(31)17-25/h3-7,14-18H,8-13,19H2,1-2H3. The van der Waals surface area contributed by atoms with Crippen LogP contribution in [-0.2, 0) is 6.61 Å². The first-order valence-electron chi connectivity index (χ1n) is 12.9. The molecule has 0 N–H and O–H groups in total. The van der Waals surface area contributed by atoms with Gasteiger partial charge in [0.2, 0.25) is 0 Å². The van der Waals surface area contributed by atoms with Crippen LogP contribution in [0.4, 0.5) is 14.5 Å². The second-order valence-electron chi connectivity index (χ2n) is 9.61. The van der Waals surface area contributed by atoms with E-state index < -0.39 is 11.6 Å². The van der Waals surface area contributed by atoms with E-state index in [-0.39, 0.29) is 11.8 Å². The molecule has 0 unspecified atom stereocenters. The molecule has 8 nitrogen and oxygen atoms in total. The molecule has 0 spiro atoms. The third-order valence-corrected chi connectivity index (χ3v) is 6.80. The van der Waals surface area contributed by atoms with E-state index in [0.29, 0.717) is 68.5 Å².